The minimum Gasteiger partial charge on any atom is -0.351 e. The molecule has 0 heterocycles. The van der Waals surface area contributed by atoms with Gasteiger partial charge in [0.05, 0.1) is 15.6 Å². The molecule has 0 aliphatic heterocycles. The lowest BCUT2D eigenvalue weighted by molar-refractivity contribution is 0.0956. The van der Waals surface area contributed by atoms with E-state index >= 15 is 0 Å². The third kappa shape index (κ3) is 4.72. The Balaban J connectivity index is 2.65. The first-order chi connectivity index (χ1) is 9.12. The number of rotatable bonds is 4. The van der Waals surface area contributed by atoms with Crippen LogP contribution in [0.2, 0.25) is 10.0 Å². The van der Waals surface area contributed by atoms with E-state index in [1.54, 1.807) is 0 Å². The Hall–Kier alpha value is -0.650. The highest BCUT2D eigenvalue weighted by atomic mass is 35.5. The van der Waals surface area contributed by atoms with Crippen LogP contribution in [0.5, 0.6) is 0 Å². The van der Waals surface area contributed by atoms with Crippen LogP contribution in [0.1, 0.15) is 31.1 Å². The summed E-state index contributed by atoms with van der Waals surface area (Å²) >= 11 is 11.4. The van der Waals surface area contributed by atoms with Crippen LogP contribution in [0.15, 0.2) is 12.1 Å². The topological polar surface area (TPSA) is 46.2 Å². The average Bonchev–Trinajstić information content (AvgIpc) is 2.32. The summed E-state index contributed by atoms with van der Waals surface area (Å²) in [5, 5.41) is 2.50. The summed E-state index contributed by atoms with van der Waals surface area (Å²) in [6.45, 7) is 5.80. The van der Waals surface area contributed by atoms with Gasteiger partial charge in [-0.05, 0) is 32.9 Å². The molecule has 1 atom stereocenters. The maximum atomic E-state index is 13.3. The number of hydrogen-bond donors (Lipinski definition) is 1. The Labute approximate surface area is 130 Å². The monoisotopic (exact) mass is 339 g/mol. The van der Waals surface area contributed by atoms with E-state index in [1.807, 2.05) is 20.8 Å². The zero-order valence-corrected chi connectivity index (χ0v) is 13.8. The van der Waals surface area contributed by atoms with Crippen LogP contribution in [0, 0.1) is 5.82 Å². The fourth-order valence-corrected chi connectivity index (χ4v) is 2.72. The molecule has 0 aliphatic rings. The molecule has 0 bridgehead atoms. The first kappa shape index (κ1) is 17.4. The van der Waals surface area contributed by atoms with E-state index in [4.69, 9.17) is 23.2 Å². The molecule has 20 heavy (non-hydrogen) atoms. The lowest BCUT2D eigenvalue weighted by Gasteiger charge is -2.17. The van der Waals surface area contributed by atoms with E-state index in [9.17, 15) is 13.4 Å². The van der Waals surface area contributed by atoms with Gasteiger partial charge < -0.3 is 5.32 Å². The van der Waals surface area contributed by atoms with Crippen LogP contribution >= 0.6 is 23.2 Å². The summed E-state index contributed by atoms with van der Waals surface area (Å²) in [5.74, 6) is -0.904. The molecule has 0 aromatic heterocycles. The standard InChI is InChI=1S/C13H16Cl2FNO2S/c1-13(2,3)20(19)5-4-17-12(18)8-6-11(16)10(15)7-9(8)14/h6-7H,4-5H2,1-3H3,(H,17,18)/t20-/m1/s1. The number of benzene rings is 1. The lowest BCUT2D eigenvalue weighted by atomic mass is 10.2. The van der Waals surface area contributed by atoms with Crippen LogP contribution in [0.4, 0.5) is 4.39 Å². The SMILES string of the molecule is CC(C)(C)[S@](=O)CCNC(=O)c1cc(F)c(Cl)cc1Cl. The normalized spacial score (nSPS) is 13.1. The molecule has 0 fully saturated rings. The maximum absolute atomic E-state index is 13.3. The lowest BCUT2D eigenvalue weighted by Crippen LogP contribution is -2.32. The van der Waals surface area contributed by atoms with Crippen LogP contribution < -0.4 is 5.32 Å². The van der Waals surface area contributed by atoms with Crippen molar-refractivity contribution in [1.29, 1.82) is 0 Å². The molecule has 0 radical (unpaired) electrons. The van der Waals surface area contributed by atoms with Gasteiger partial charge in [0.25, 0.3) is 5.91 Å². The number of carbonyl (C=O) groups is 1. The van der Waals surface area contributed by atoms with Crippen molar-refractivity contribution >= 4 is 39.9 Å². The van der Waals surface area contributed by atoms with Gasteiger partial charge in [-0.15, -0.1) is 0 Å². The molecule has 0 aliphatic carbocycles. The van der Waals surface area contributed by atoms with E-state index in [1.165, 1.54) is 6.07 Å². The minimum atomic E-state index is -1.07. The van der Waals surface area contributed by atoms with Crippen molar-refractivity contribution in [2.45, 2.75) is 25.5 Å². The van der Waals surface area contributed by atoms with Gasteiger partial charge in [0, 0.05) is 27.8 Å². The molecule has 0 saturated carbocycles. The second-order valence-corrected chi connectivity index (χ2v) is 8.30. The number of hydrogen-bond acceptors (Lipinski definition) is 2. The second kappa shape index (κ2) is 6.87. The molecule has 1 aromatic rings. The fraction of sp³-hybridized carbons (Fsp3) is 0.462. The van der Waals surface area contributed by atoms with E-state index in [2.05, 4.69) is 5.32 Å². The van der Waals surface area contributed by atoms with Crippen molar-refractivity contribution < 1.29 is 13.4 Å². The number of carbonyl (C=O) groups excluding carboxylic acids is 1. The molecular weight excluding hydrogens is 324 g/mol. The Bertz CT molecular complexity index is 544. The number of amides is 1. The van der Waals surface area contributed by atoms with Crippen molar-refractivity contribution in [2.24, 2.45) is 0 Å². The quantitative estimate of drug-likeness (QED) is 0.854. The van der Waals surface area contributed by atoms with Gasteiger partial charge in [-0.1, -0.05) is 23.2 Å². The maximum Gasteiger partial charge on any atom is 0.252 e. The molecule has 0 saturated heterocycles. The average molecular weight is 340 g/mol. The summed E-state index contributed by atoms with van der Waals surface area (Å²) in [6.07, 6.45) is 0. The first-order valence-electron chi connectivity index (χ1n) is 5.94. The highest BCUT2D eigenvalue weighted by molar-refractivity contribution is 7.86. The zero-order valence-electron chi connectivity index (χ0n) is 11.4. The van der Waals surface area contributed by atoms with E-state index in [0.29, 0.717) is 5.75 Å². The van der Waals surface area contributed by atoms with Gasteiger partial charge in [0.15, 0.2) is 0 Å². The predicted molar refractivity (Wildman–Crippen MR) is 81.5 cm³/mol. The Morgan fingerprint density at radius 1 is 1.30 bits per heavy atom. The molecule has 0 unspecified atom stereocenters. The smallest absolute Gasteiger partial charge is 0.252 e. The van der Waals surface area contributed by atoms with Gasteiger partial charge in [-0.25, -0.2) is 4.39 Å². The molecule has 112 valence electrons. The van der Waals surface area contributed by atoms with Crippen molar-refractivity contribution in [3.63, 3.8) is 0 Å². The number of nitrogens with one attached hydrogen (secondary N) is 1. The van der Waals surface area contributed by atoms with Gasteiger partial charge in [-0.3, -0.25) is 9.00 Å². The molecule has 1 rings (SSSR count). The Morgan fingerprint density at radius 3 is 2.45 bits per heavy atom. The molecule has 3 nitrogen and oxygen atoms in total. The fourth-order valence-electron chi connectivity index (χ4n) is 1.36. The van der Waals surface area contributed by atoms with Crippen LogP contribution in [0.25, 0.3) is 0 Å². The van der Waals surface area contributed by atoms with Gasteiger partial charge in [0.1, 0.15) is 5.82 Å². The third-order valence-electron chi connectivity index (χ3n) is 2.51. The predicted octanol–water partition coefficient (Wildman–Crippen LogP) is 3.41. The molecule has 1 N–H and O–H groups in total. The third-order valence-corrected chi connectivity index (χ3v) is 5.05. The summed E-state index contributed by atoms with van der Waals surface area (Å²) in [5.41, 5.74) is 0.00936. The molecule has 1 amide bonds. The number of halogens is 3. The summed E-state index contributed by atoms with van der Waals surface area (Å²) in [7, 11) is -1.07. The van der Waals surface area contributed by atoms with Crippen LogP contribution in [0.3, 0.4) is 0 Å². The van der Waals surface area contributed by atoms with Crippen molar-refractivity contribution in [1.82, 2.24) is 5.32 Å². The zero-order chi connectivity index (χ0) is 15.5. The van der Waals surface area contributed by atoms with Crippen molar-refractivity contribution in [3.8, 4) is 0 Å². The van der Waals surface area contributed by atoms with Crippen molar-refractivity contribution in [2.75, 3.05) is 12.3 Å². The van der Waals surface area contributed by atoms with Gasteiger partial charge in [-0.2, -0.15) is 0 Å². The van der Waals surface area contributed by atoms with E-state index < -0.39 is 22.5 Å². The van der Waals surface area contributed by atoms with E-state index in [-0.39, 0.29) is 26.9 Å². The Kier molecular flexibility index (Phi) is 5.98. The van der Waals surface area contributed by atoms with E-state index in [0.717, 1.165) is 6.07 Å². The highest BCUT2D eigenvalue weighted by Crippen LogP contribution is 2.24. The van der Waals surface area contributed by atoms with Crippen LogP contribution in [-0.4, -0.2) is 27.2 Å². The summed E-state index contributed by atoms with van der Waals surface area (Å²) < 4.78 is 24.8. The summed E-state index contributed by atoms with van der Waals surface area (Å²) in [6, 6.07) is 2.17. The van der Waals surface area contributed by atoms with Gasteiger partial charge >= 0.3 is 0 Å². The van der Waals surface area contributed by atoms with Gasteiger partial charge in [0.2, 0.25) is 0 Å². The molecule has 1 aromatic carbocycles. The molecular formula is C13H16Cl2FNO2S. The van der Waals surface area contributed by atoms with Crippen molar-refractivity contribution in [3.05, 3.63) is 33.6 Å². The minimum absolute atomic E-state index is 0.00936. The summed E-state index contributed by atoms with van der Waals surface area (Å²) in [4.78, 5) is 11.9. The first-order valence-corrected chi connectivity index (χ1v) is 8.01. The molecule has 7 heteroatoms. The molecule has 0 spiro atoms. The highest BCUT2D eigenvalue weighted by Gasteiger charge is 2.19. The van der Waals surface area contributed by atoms with Crippen LogP contribution in [-0.2, 0) is 10.8 Å². The largest absolute Gasteiger partial charge is 0.351 e. The Morgan fingerprint density at radius 2 is 1.90 bits per heavy atom. The second-order valence-electron chi connectivity index (χ2n) is 5.16.